The van der Waals surface area contributed by atoms with Gasteiger partial charge in [0.15, 0.2) is 0 Å². The third-order valence-corrected chi connectivity index (χ3v) is 3.47. The molecule has 1 heterocycles. The molecule has 1 unspecified atom stereocenters. The van der Waals surface area contributed by atoms with Gasteiger partial charge in [0.25, 0.3) is 0 Å². The molecule has 0 aliphatic carbocycles. The first kappa shape index (κ1) is 15.7. The van der Waals surface area contributed by atoms with Gasteiger partial charge in [-0.1, -0.05) is 13.8 Å². The number of aliphatic hydroxyl groups excluding tert-OH is 2. The summed E-state index contributed by atoms with van der Waals surface area (Å²) in [6, 6.07) is -1.56. The molecule has 7 nitrogen and oxygen atoms in total. The van der Waals surface area contributed by atoms with Gasteiger partial charge in [-0.2, -0.15) is 0 Å². The number of carbonyl (C=O) groups excluding carboxylic acids is 1. The normalized spacial score (nSPS) is 23.8. The van der Waals surface area contributed by atoms with Crippen molar-refractivity contribution < 1.29 is 24.9 Å². The number of hydrogen-bond acceptors (Lipinski definition) is 4. The number of piperidine rings is 1. The van der Waals surface area contributed by atoms with Gasteiger partial charge in [0, 0.05) is 31.5 Å². The third-order valence-electron chi connectivity index (χ3n) is 3.47. The average molecular weight is 274 g/mol. The number of rotatable bonds is 4. The standard InChI is InChI=1S/C12H22N2O5/c1-12(2)7-14(5-3-9(12)16)11(19)13-8(4-6-15)10(17)18/h8-9,15-16H,3-7H2,1-2H3,(H,13,19)(H,17,18)/t8-,9?/m0/s1. The lowest BCUT2D eigenvalue weighted by Crippen LogP contribution is -2.55. The number of amides is 2. The number of carbonyl (C=O) groups is 2. The number of carboxylic acid groups (broad SMARTS) is 1. The van der Waals surface area contributed by atoms with Crippen LogP contribution in [0.4, 0.5) is 4.79 Å². The monoisotopic (exact) mass is 274 g/mol. The van der Waals surface area contributed by atoms with Crippen LogP contribution in [0.25, 0.3) is 0 Å². The number of aliphatic hydroxyl groups is 2. The quantitative estimate of drug-likeness (QED) is 0.559. The Hall–Kier alpha value is -1.34. The first-order valence-electron chi connectivity index (χ1n) is 6.35. The number of nitrogens with one attached hydrogen (secondary N) is 1. The number of likely N-dealkylation sites (tertiary alicyclic amines) is 1. The Kier molecular flexibility index (Phi) is 5.13. The Morgan fingerprint density at radius 3 is 2.58 bits per heavy atom. The number of hydrogen-bond donors (Lipinski definition) is 4. The molecule has 0 bridgehead atoms. The van der Waals surface area contributed by atoms with Gasteiger partial charge >= 0.3 is 12.0 Å². The van der Waals surface area contributed by atoms with Crippen molar-refractivity contribution in [3.05, 3.63) is 0 Å². The highest BCUT2D eigenvalue weighted by atomic mass is 16.4. The number of nitrogens with zero attached hydrogens (tertiary/aromatic N) is 1. The van der Waals surface area contributed by atoms with E-state index in [2.05, 4.69) is 5.32 Å². The zero-order chi connectivity index (χ0) is 14.6. The SMILES string of the molecule is CC1(C)CN(C(=O)N[C@@H](CCO)C(=O)O)CCC1O. The van der Waals surface area contributed by atoms with Crippen LogP contribution in [0.1, 0.15) is 26.7 Å². The van der Waals surface area contributed by atoms with Gasteiger partial charge in [0.2, 0.25) is 0 Å². The van der Waals surface area contributed by atoms with Gasteiger partial charge in [-0.3, -0.25) is 0 Å². The van der Waals surface area contributed by atoms with Crippen LogP contribution in [0.3, 0.4) is 0 Å². The smallest absolute Gasteiger partial charge is 0.326 e. The first-order valence-corrected chi connectivity index (χ1v) is 6.35. The van der Waals surface area contributed by atoms with Crippen LogP contribution in [0.5, 0.6) is 0 Å². The van der Waals surface area contributed by atoms with Crippen molar-refractivity contribution in [2.24, 2.45) is 5.41 Å². The summed E-state index contributed by atoms with van der Waals surface area (Å²) >= 11 is 0. The van der Waals surface area contributed by atoms with Gasteiger partial charge in [0.1, 0.15) is 6.04 Å². The highest BCUT2D eigenvalue weighted by molar-refractivity contribution is 5.82. The van der Waals surface area contributed by atoms with E-state index in [-0.39, 0.29) is 13.0 Å². The van der Waals surface area contributed by atoms with Gasteiger partial charge in [-0.25, -0.2) is 9.59 Å². The number of aliphatic carboxylic acids is 1. The Bertz CT molecular complexity index is 345. The Labute approximate surface area is 112 Å². The summed E-state index contributed by atoms with van der Waals surface area (Å²) in [5.41, 5.74) is -0.411. The molecular weight excluding hydrogens is 252 g/mol. The van der Waals surface area contributed by atoms with E-state index in [9.17, 15) is 14.7 Å². The van der Waals surface area contributed by atoms with Crippen LogP contribution in [0.15, 0.2) is 0 Å². The first-order chi connectivity index (χ1) is 8.77. The zero-order valence-electron chi connectivity index (χ0n) is 11.3. The molecule has 1 fully saturated rings. The fraction of sp³-hybridized carbons (Fsp3) is 0.833. The van der Waals surface area contributed by atoms with Crippen LogP contribution >= 0.6 is 0 Å². The van der Waals surface area contributed by atoms with Gasteiger partial charge < -0.3 is 25.5 Å². The van der Waals surface area contributed by atoms with Crippen molar-refractivity contribution in [2.75, 3.05) is 19.7 Å². The third kappa shape index (κ3) is 4.07. The van der Waals surface area contributed by atoms with Crippen molar-refractivity contribution in [1.82, 2.24) is 10.2 Å². The topological polar surface area (TPSA) is 110 Å². The highest BCUT2D eigenvalue weighted by Gasteiger charge is 2.37. The molecule has 0 spiro atoms. The van der Waals surface area contributed by atoms with Crippen molar-refractivity contribution >= 4 is 12.0 Å². The molecule has 1 aliphatic heterocycles. The van der Waals surface area contributed by atoms with E-state index >= 15 is 0 Å². The molecule has 2 amide bonds. The molecule has 1 rings (SSSR count). The van der Waals surface area contributed by atoms with Crippen LogP contribution < -0.4 is 5.32 Å². The van der Waals surface area contributed by atoms with E-state index < -0.39 is 29.6 Å². The van der Waals surface area contributed by atoms with Crippen LogP contribution in [0.2, 0.25) is 0 Å². The van der Waals surface area contributed by atoms with E-state index in [0.29, 0.717) is 19.5 Å². The molecule has 1 saturated heterocycles. The lowest BCUT2D eigenvalue weighted by Gasteiger charge is -2.41. The van der Waals surface area contributed by atoms with Crippen molar-refractivity contribution in [3.8, 4) is 0 Å². The highest BCUT2D eigenvalue weighted by Crippen LogP contribution is 2.28. The second-order valence-electron chi connectivity index (χ2n) is 5.57. The van der Waals surface area contributed by atoms with E-state index in [4.69, 9.17) is 10.2 Å². The summed E-state index contributed by atoms with van der Waals surface area (Å²) in [7, 11) is 0. The molecule has 2 atom stereocenters. The van der Waals surface area contributed by atoms with Gasteiger partial charge in [0.05, 0.1) is 6.10 Å². The molecule has 110 valence electrons. The Balaban J connectivity index is 2.60. The Morgan fingerprint density at radius 1 is 1.47 bits per heavy atom. The summed E-state index contributed by atoms with van der Waals surface area (Å²) < 4.78 is 0. The van der Waals surface area contributed by atoms with E-state index in [0.717, 1.165) is 0 Å². The lowest BCUT2D eigenvalue weighted by molar-refractivity contribution is -0.139. The maximum absolute atomic E-state index is 12.0. The number of carboxylic acids is 1. The molecule has 4 N–H and O–H groups in total. The molecule has 0 saturated carbocycles. The summed E-state index contributed by atoms with van der Waals surface area (Å²) in [4.78, 5) is 24.4. The van der Waals surface area contributed by atoms with Crippen LogP contribution in [0, 0.1) is 5.41 Å². The zero-order valence-corrected chi connectivity index (χ0v) is 11.3. The second-order valence-corrected chi connectivity index (χ2v) is 5.57. The number of urea groups is 1. The minimum absolute atomic E-state index is 0.0269. The summed E-state index contributed by atoms with van der Waals surface area (Å²) in [6.45, 7) is 4.17. The largest absolute Gasteiger partial charge is 0.480 e. The molecule has 0 aromatic carbocycles. The second kappa shape index (κ2) is 6.21. The molecular formula is C12H22N2O5. The molecule has 0 aromatic heterocycles. The Morgan fingerprint density at radius 2 is 2.11 bits per heavy atom. The maximum Gasteiger partial charge on any atom is 0.326 e. The molecule has 0 aromatic rings. The van der Waals surface area contributed by atoms with Gasteiger partial charge in [-0.15, -0.1) is 0 Å². The average Bonchev–Trinajstić information content (AvgIpc) is 2.31. The maximum atomic E-state index is 12.0. The van der Waals surface area contributed by atoms with Crippen molar-refractivity contribution in [3.63, 3.8) is 0 Å². The minimum atomic E-state index is -1.17. The predicted octanol–water partition coefficient (Wildman–Crippen LogP) is -0.376. The molecule has 7 heteroatoms. The minimum Gasteiger partial charge on any atom is -0.480 e. The fourth-order valence-electron chi connectivity index (χ4n) is 2.15. The van der Waals surface area contributed by atoms with Crippen molar-refractivity contribution in [2.45, 2.75) is 38.8 Å². The molecule has 19 heavy (non-hydrogen) atoms. The summed E-state index contributed by atoms with van der Waals surface area (Å²) in [6.07, 6.45) is -0.0247. The van der Waals surface area contributed by atoms with Crippen LogP contribution in [-0.2, 0) is 4.79 Å². The summed E-state index contributed by atoms with van der Waals surface area (Å²) in [5, 5.41) is 29.9. The van der Waals surface area contributed by atoms with Gasteiger partial charge in [-0.05, 0) is 6.42 Å². The van der Waals surface area contributed by atoms with E-state index in [1.807, 2.05) is 13.8 Å². The predicted molar refractivity (Wildman–Crippen MR) is 67.6 cm³/mol. The van der Waals surface area contributed by atoms with Crippen LogP contribution in [-0.4, -0.2) is 64.1 Å². The van der Waals surface area contributed by atoms with Crippen molar-refractivity contribution in [1.29, 1.82) is 0 Å². The lowest BCUT2D eigenvalue weighted by atomic mass is 9.81. The van der Waals surface area contributed by atoms with E-state index in [1.165, 1.54) is 4.90 Å². The fourth-order valence-corrected chi connectivity index (χ4v) is 2.15. The molecule has 1 aliphatic rings. The molecule has 0 radical (unpaired) electrons. The summed E-state index contributed by atoms with van der Waals surface area (Å²) in [5.74, 6) is -1.17. The van der Waals surface area contributed by atoms with E-state index in [1.54, 1.807) is 0 Å².